The van der Waals surface area contributed by atoms with Gasteiger partial charge >= 0.3 is 5.97 Å². The quantitative estimate of drug-likeness (QED) is 0.624. The third-order valence-corrected chi connectivity index (χ3v) is 3.61. The summed E-state index contributed by atoms with van der Waals surface area (Å²) in [6.07, 6.45) is 1.13. The van der Waals surface area contributed by atoms with Crippen LogP contribution in [0, 0.1) is 0 Å². The highest BCUT2D eigenvalue weighted by Crippen LogP contribution is 2.10. The molecule has 6 nitrogen and oxygen atoms in total. The third-order valence-electron chi connectivity index (χ3n) is 1.94. The molecular weight excluding hydrogens is 280 g/mol. The van der Waals surface area contributed by atoms with E-state index >= 15 is 0 Å². The van der Waals surface area contributed by atoms with Crippen molar-refractivity contribution in [2.75, 3.05) is 13.2 Å². The lowest BCUT2D eigenvalue weighted by atomic mass is 10.4. The zero-order valence-corrected chi connectivity index (χ0v) is 11.3. The van der Waals surface area contributed by atoms with Crippen LogP contribution in [-0.4, -0.2) is 32.5 Å². The van der Waals surface area contributed by atoms with Gasteiger partial charge in [0.25, 0.3) is 0 Å². The highest BCUT2D eigenvalue weighted by atomic mass is 35.5. The zero-order chi connectivity index (χ0) is 13.6. The molecule has 0 spiro atoms. The van der Waals surface area contributed by atoms with Gasteiger partial charge in [0.2, 0.25) is 10.0 Å². The Labute approximate surface area is 110 Å². The first-order valence-corrected chi connectivity index (χ1v) is 7.08. The monoisotopic (exact) mass is 292 g/mol. The molecule has 0 atom stereocenters. The van der Waals surface area contributed by atoms with E-state index in [9.17, 15) is 13.2 Å². The molecule has 0 amide bonds. The van der Waals surface area contributed by atoms with Gasteiger partial charge in [0, 0.05) is 12.7 Å². The molecule has 0 aromatic carbocycles. The number of rotatable bonds is 6. The molecule has 0 aliphatic carbocycles. The van der Waals surface area contributed by atoms with E-state index in [1.54, 1.807) is 6.92 Å². The Morgan fingerprint density at radius 1 is 1.50 bits per heavy atom. The molecular formula is C10H13ClN2O4S. The number of hydrogen-bond donors (Lipinski definition) is 1. The highest BCUT2D eigenvalue weighted by Gasteiger charge is 2.14. The van der Waals surface area contributed by atoms with E-state index in [1.165, 1.54) is 12.1 Å². The number of aromatic nitrogens is 1. The molecule has 1 aromatic rings. The minimum Gasteiger partial charge on any atom is -0.466 e. The van der Waals surface area contributed by atoms with E-state index in [2.05, 4.69) is 14.4 Å². The topological polar surface area (TPSA) is 85.4 Å². The number of halogens is 1. The maximum absolute atomic E-state index is 11.7. The van der Waals surface area contributed by atoms with Crippen molar-refractivity contribution in [2.45, 2.75) is 18.2 Å². The Morgan fingerprint density at radius 3 is 2.78 bits per heavy atom. The fourth-order valence-electron chi connectivity index (χ4n) is 1.13. The summed E-state index contributed by atoms with van der Waals surface area (Å²) in [5.74, 6) is -0.450. The van der Waals surface area contributed by atoms with Crippen molar-refractivity contribution in [2.24, 2.45) is 0 Å². The molecule has 0 saturated carbocycles. The number of carbonyl (C=O) groups is 1. The largest absolute Gasteiger partial charge is 0.466 e. The lowest BCUT2D eigenvalue weighted by molar-refractivity contribution is -0.142. The molecule has 0 bridgehead atoms. The summed E-state index contributed by atoms with van der Waals surface area (Å²) in [7, 11) is -3.67. The highest BCUT2D eigenvalue weighted by molar-refractivity contribution is 7.89. The first-order chi connectivity index (χ1) is 8.45. The van der Waals surface area contributed by atoms with Crippen LogP contribution >= 0.6 is 11.6 Å². The van der Waals surface area contributed by atoms with Crippen LogP contribution in [0.4, 0.5) is 0 Å². The predicted octanol–water partition coefficient (Wildman–Crippen LogP) is 0.966. The van der Waals surface area contributed by atoms with Gasteiger partial charge in [0.05, 0.1) is 13.0 Å². The molecule has 0 aliphatic heterocycles. The van der Waals surface area contributed by atoms with Crippen LogP contribution in [0.1, 0.15) is 13.3 Å². The number of nitrogens with zero attached hydrogens (tertiary/aromatic N) is 1. The average molecular weight is 293 g/mol. The van der Waals surface area contributed by atoms with Crippen LogP contribution in [-0.2, 0) is 19.6 Å². The van der Waals surface area contributed by atoms with Crippen molar-refractivity contribution in [1.82, 2.24) is 9.71 Å². The van der Waals surface area contributed by atoms with E-state index in [-0.39, 0.29) is 29.6 Å². The number of esters is 1. The van der Waals surface area contributed by atoms with Crippen molar-refractivity contribution in [3.05, 3.63) is 23.5 Å². The summed E-state index contributed by atoms with van der Waals surface area (Å²) in [4.78, 5) is 14.7. The van der Waals surface area contributed by atoms with E-state index < -0.39 is 16.0 Å². The van der Waals surface area contributed by atoms with Gasteiger partial charge in [0.1, 0.15) is 10.0 Å². The molecule has 0 unspecified atom stereocenters. The summed E-state index contributed by atoms with van der Waals surface area (Å²) < 4.78 is 30.4. The molecule has 100 valence electrons. The molecule has 1 N–H and O–H groups in total. The van der Waals surface area contributed by atoms with Gasteiger partial charge < -0.3 is 4.74 Å². The Bertz CT molecular complexity index is 501. The van der Waals surface area contributed by atoms with Gasteiger partial charge in [-0.2, -0.15) is 0 Å². The summed E-state index contributed by atoms with van der Waals surface area (Å²) in [5.41, 5.74) is 0. The minimum atomic E-state index is -3.67. The van der Waals surface area contributed by atoms with E-state index in [0.29, 0.717) is 0 Å². The Balaban J connectivity index is 2.55. The van der Waals surface area contributed by atoms with Crippen LogP contribution in [0.25, 0.3) is 0 Å². The Morgan fingerprint density at radius 2 is 2.22 bits per heavy atom. The first kappa shape index (κ1) is 14.9. The number of ether oxygens (including phenoxy) is 1. The number of nitrogens with one attached hydrogen (secondary N) is 1. The molecule has 0 saturated heterocycles. The van der Waals surface area contributed by atoms with E-state index in [4.69, 9.17) is 11.6 Å². The summed E-state index contributed by atoms with van der Waals surface area (Å²) in [6, 6.07) is 2.71. The van der Waals surface area contributed by atoms with Gasteiger partial charge in [-0.15, -0.1) is 0 Å². The van der Waals surface area contributed by atoms with Crippen molar-refractivity contribution in [3.8, 4) is 0 Å². The normalized spacial score (nSPS) is 11.2. The molecule has 0 aliphatic rings. The average Bonchev–Trinajstić information content (AvgIpc) is 2.29. The van der Waals surface area contributed by atoms with Crippen molar-refractivity contribution < 1.29 is 17.9 Å². The molecule has 0 fully saturated rings. The first-order valence-electron chi connectivity index (χ1n) is 5.22. The SMILES string of the molecule is CCOC(=O)CCNS(=O)(=O)c1ccc(Cl)nc1. The van der Waals surface area contributed by atoms with Crippen LogP contribution in [0.5, 0.6) is 0 Å². The number of hydrogen-bond acceptors (Lipinski definition) is 5. The second-order valence-electron chi connectivity index (χ2n) is 3.27. The fraction of sp³-hybridized carbons (Fsp3) is 0.400. The second kappa shape index (κ2) is 6.67. The van der Waals surface area contributed by atoms with Crippen molar-refractivity contribution in [1.29, 1.82) is 0 Å². The van der Waals surface area contributed by atoms with Gasteiger partial charge in [0.15, 0.2) is 0 Å². The molecule has 18 heavy (non-hydrogen) atoms. The Hall–Kier alpha value is -1.18. The fourth-order valence-corrected chi connectivity index (χ4v) is 2.21. The van der Waals surface area contributed by atoms with E-state index in [0.717, 1.165) is 6.20 Å². The van der Waals surface area contributed by atoms with Crippen molar-refractivity contribution >= 4 is 27.6 Å². The van der Waals surface area contributed by atoms with Crippen molar-refractivity contribution in [3.63, 3.8) is 0 Å². The number of sulfonamides is 1. The van der Waals surface area contributed by atoms with Crippen LogP contribution in [0.3, 0.4) is 0 Å². The number of carbonyl (C=O) groups excluding carboxylic acids is 1. The lowest BCUT2D eigenvalue weighted by Crippen LogP contribution is -2.26. The van der Waals surface area contributed by atoms with Gasteiger partial charge in [-0.05, 0) is 19.1 Å². The lowest BCUT2D eigenvalue weighted by Gasteiger charge is -2.06. The van der Waals surface area contributed by atoms with Gasteiger partial charge in [-0.1, -0.05) is 11.6 Å². The standard InChI is InChI=1S/C10H13ClN2O4S/c1-2-17-10(14)5-6-13-18(15,16)8-3-4-9(11)12-7-8/h3-4,7,13H,2,5-6H2,1H3. The van der Waals surface area contributed by atoms with Crippen LogP contribution in [0.2, 0.25) is 5.15 Å². The minimum absolute atomic E-state index is 0.00393. The molecule has 1 heterocycles. The predicted molar refractivity (Wildman–Crippen MR) is 65.7 cm³/mol. The number of pyridine rings is 1. The molecule has 1 rings (SSSR count). The molecule has 0 radical (unpaired) electrons. The zero-order valence-electron chi connectivity index (χ0n) is 9.72. The summed E-state index contributed by atoms with van der Waals surface area (Å²) >= 11 is 5.55. The second-order valence-corrected chi connectivity index (χ2v) is 5.42. The smallest absolute Gasteiger partial charge is 0.307 e. The molecule has 8 heteroatoms. The van der Waals surface area contributed by atoms with E-state index in [1.807, 2.05) is 0 Å². The molecule has 1 aromatic heterocycles. The summed E-state index contributed by atoms with van der Waals surface area (Å²) in [5, 5.41) is 0.209. The maximum Gasteiger partial charge on any atom is 0.307 e. The van der Waals surface area contributed by atoms with Gasteiger partial charge in [-0.3, -0.25) is 4.79 Å². The third kappa shape index (κ3) is 4.59. The van der Waals surface area contributed by atoms with Crippen LogP contribution < -0.4 is 4.72 Å². The van der Waals surface area contributed by atoms with Crippen LogP contribution in [0.15, 0.2) is 23.2 Å². The summed E-state index contributed by atoms with van der Waals surface area (Å²) in [6.45, 7) is 1.93. The maximum atomic E-state index is 11.7. The van der Waals surface area contributed by atoms with Gasteiger partial charge in [-0.25, -0.2) is 18.1 Å². The Kier molecular flexibility index (Phi) is 5.52.